The molecule has 0 saturated heterocycles. The Bertz CT molecular complexity index is 1200. The Kier molecular flexibility index (Phi) is 6.56. The van der Waals surface area contributed by atoms with Crippen molar-refractivity contribution in [2.45, 2.75) is 19.4 Å². The van der Waals surface area contributed by atoms with Gasteiger partial charge < -0.3 is 9.84 Å². The predicted molar refractivity (Wildman–Crippen MR) is 119 cm³/mol. The Labute approximate surface area is 192 Å². The molecule has 10 heteroatoms. The first kappa shape index (κ1) is 21.4. The third kappa shape index (κ3) is 5.25. The number of hydrogen-bond donors (Lipinski definition) is 1. The third-order valence-electron chi connectivity index (χ3n) is 4.47. The average Bonchev–Trinajstić information content (AvgIpc) is 3.40. The van der Waals surface area contributed by atoms with Crippen LogP contribution in [0.3, 0.4) is 0 Å². The third-order valence-corrected chi connectivity index (χ3v) is 5.58. The van der Waals surface area contributed by atoms with Crippen molar-refractivity contribution in [3.63, 3.8) is 0 Å². The minimum Gasteiger partial charge on any atom is -0.339 e. The highest BCUT2D eigenvalue weighted by Crippen LogP contribution is 2.26. The average molecular weight is 477 g/mol. The van der Waals surface area contributed by atoms with Gasteiger partial charge >= 0.3 is 0 Å². The van der Waals surface area contributed by atoms with Gasteiger partial charge in [0.1, 0.15) is 5.82 Å². The van der Waals surface area contributed by atoms with E-state index < -0.39 is 0 Å². The number of benzene rings is 2. The molecule has 2 aromatic carbocycles. The molecule has 31 heavy (non-hydrogen) atoms. The zero-order valence-electron chi connectivity index (χ0n) is 16.1. The number of carbonyl (C=O) groups excluding carboxylic acids is 1. The van der Waals surface area contributed by atoms with Crippen molar-refractivity contribution in [1.29, 1.82) is 0 Å². The molecule has 0 aliphatic carbocycles. The van der Waals surface area contributed by atoms with Crippen molar-refractivity contribution < 1.29 is 9.32 Å². The van der Waals surface area contributed by atoms with Gasteiger partial charge in [-0.05, 0) is 35.9 Å². The highest BCUT2D eigenvalue weighted by molar-refractivity contribution is 6.42. The first-order chi connectivity index (χ1) is 15.0. The van der Waals surface area contributed by atoms with Crippen LogP contribution in [-0.2, 0) is 17.8 Å². The van der Waals surface area contributed by atoms with Crippen LogP contribution in [-0.4, -0.2) is 25.8 Å². The normalized spacial score (nSPS) is 10.9. The van der Waals surface area contributed by atoms with Crippen molar-refractivity contribution in [3.05, 3.63) is 81.2 Å². The zero-order valence-corrected chi connectivity index (χ0v) is 18.3. The maximum atomic E-state index is 12.4. The number of nitrogens with zero attached hydrogens (tertiary/aromatic N) is 4. The fourth-order valence-corrected chi connectivity index (χ4v) is 3.40. The molecule has 1 N–H and O–H groups in total. The van der Waals surface area contributed by atoms with Gasteiger partial charge in [-0.1, -0.05) is 52.1 Å². The molecule has 2 heterocycles. The van der Waals surface area contributed by atoms with Crippen molar-refractivity contribution in [2.75, 3.05) is 5.32 Å². The summed E-state index contributed by atoms with van der Waals surface area (Å²) in [5.74, 6) is 1.17. The lowest BCUT2D eigenvalue weighted by Crippen LogP contribution is -2.16. The van der Waals surface area contributed by atoms with Crippen molar-refractivity contribution >= 4 is 46.5 Å². The molecule has 7 nitrogen and oxygen atoms in total. The monoisotopic (exact) mass is 475 g/mol. The Morgan fingerprint density at radius 3 is 2.68 bits per heavy atom. The molecule has 0 spiro atoms. The van der Waals surface area contributed by atoms with Gasteiger partial charge in [-0.15, -0.1) is 0 Å². The van der Waals surface area contributed by atoms with Gasteiger partial charge in [0.05, 0.1) is 22.8 Å². The van der Waals surface area contributed by atoms with Gasteiger partial charge in [0.15, 0.2) is 0 Å². The van der Waals surface area contributed by atoms with E-state index in [1.165, 1.54) is 0 Å². The Morgan fingerprint density at radius 2 is 1.87 bits per heavy atom. The summed E-state index contributed by atoms with van der Waals surface area (Å²) in [7, 11) is 0. The lowest BCUT2D eigenvalue weighted by atomic mass is 10.2. The standard InChI is InChI=1S/C21H16Cl3N5O2/c22-15-6-4-13(5-7-15)21-27-19(31-28-21)9-8-18(30)26-17-10-11-25-29(17)12-14-2-1-3-16(23)20(14)24/h1-7,10-11H,8-9,12H2,(H,26,30). The topological polar surface area (TPSA) is 85.8 Å². The van der Waals surface area contributed by atoms with Crippen molar-refractivity contribution in [2.24, 2.45) is 0 Å². The summed E-state index contributed by atoms with van der Waals surface area (Å²) >= 11 is 18.2. The molecule has 158 valence electrons. The summed E-state index contributed by atoms with van der Waals surface area (Å²) in [6.07, 6.45) is 2.08. The van der Waals surface area contributed by atoms with Crippen LogP contribution >= 0.6 is 34.8 Å². The van der Waals surface area contributed by atoms with Gasteiger partial charge in [-0.25, -0.2) is 4.68 Å². The molecular weight excluding hydrogens is 461 g/mol. The fraction of sp³-hybridized carbons (Fsp3) is 0.143. The van der Waals surface area contributed by atoms with Gasteiger partial charge in [-0.3, -0.25) is 4.79 Å². The zero-order chi connectivity index (χ0) is 21.8. The van der Waals surface area contributed by atoms with Crippen LogP contribution in [0, 0.1) is 0 Å². The van der Waals surface area contributed by atoms with E-state index in [9.17, 15) is 4.79 Å². The van der Waals surface area contributed by atoms with E-state index in [-0.39, 0.29) is 12.3 Å². The molecule has 0 aliphatic heterocycles. The number of aromatic nitrogens is 4. The second-order valence-corrected chi connectivity index (χ2v) is 7.88. The minimum atomic E-state index is -0.204. The van der Waals surface area contributed by atoms with E-state index in [4.69, 9.17) is 39.3 Å². The summed E-state index contributed by atoms with van der Waals surface area (Å²) in [5, 5.41) is 12.6. The predicted octanol–water partition coefficient (Wildman–Crippen LogP) is 5.51. The van der Waals surface area contributed by atoms with Crippen LogP contribution in [0.5, 0.6) is 0 Å². The molecule has 0 fully saturated rings. The van der Waals surface area contributed by atoms with Gasteiger partial charge in [0, 0.05) is 29.5 Å². The minimum absolute atomic E-state index is 0.172. The Morgan fingerprint density at radius 1 is 1.06 bits per heavy atom. The Hall–Kier alpha value is -2.87. The smallest absolute Gasteiger partial charge is 0.227 e. The largest absolute Gasteiger partial charge is 0.339 e. The number of rotatable bonds is 7. The van der Waals surface area contributed by atoms with Gasteiger partial charge in [0.25, 0.3) is 0 Å². The Balaban J connectivity index is 1.35. The number of halogens is 3. The highest BCUT2D eigenvalue weighted by Gasteiger charge is 2.13. The molecule has 4 rings (SSSR count). The second kappa shape index (κ2) is 9.51. The molecule has 0 bridgehead atoms. The van der Waals surface area contributed by atoms with E-state index in [1.807, 2.05) is 12.1 Å². The summed E-state index contributed by atoms with van der Waals surface area (Å²) in [5.41, 5.74) is 1.58. The second-order valence-electron chi connectivity index (χ2n) is 6.65. The molecule has 0 aliphatic rings. The maximum absolute atomic E-state index is 12.4. The number of aryl methyl sites for hydroxylation is 1. The van der Waals surface area contributed by atoms with Crippen LogP contribution in [0.1, 0.15) is 17.9 Å². The lowest BCUT2D eigenvalue weighted by Gasteiger charge is -2.10. The van der Waals surface area contributed by atoms with Crippen LogP contribution < -0.4 is 5.32 Å². The number of nitrogens with one attached hydrogen (secondary N) is 1. The molecule has 1 amide bonds. The molecule has 0 unspecified atom stereocenters. The number of hydrogen-bond acceptors (Lipinski definition) is 5. The van der Waals surface area contributed by atoms with Crippen LogP contribution in [0.2, 0.25) is 15.1 Å². The number of anilines is 1. The molecule has 4 aromatic rings. The van der Waals surface area contributed by atoms with E-state index in [2.05, 4.69) is 20.6 Å². The van der Waals surface area contributed by atoms with Crippen molar-refractivity contribution in [1.82, 2.24) is 19.9 Å². The van der Waals surface area contributed by atoms with Crippen LogP contribution in [0.4, 0.5) is 5.82 Å². The van der Waals surface area contributed by atoms with Crippen LogP contribution in [0.15, 0.2) is 59.3 Å². The quantitative estimate of drug-likeness (QED) is 0.380. The molecule has 0 saturated carbocycles. The fourth-order valence-electron chi connectivity index (χ4n) is 2.90. The number of amides is 1. The first-order valence-corrected chi connectivity index (χ1v) is 10.5. The SMILES string of the molecule is O=C(CCc1nc(-c2ccc(Cl)cc2)no1)Nc1ccnn1Cc1cccc(Cl)c1Cl. The van der Waals surface area contributed by atoms with E-state index in [1.54, 1.807) is 47.3 Å². The van der Waals surface area contributed by atoms with Crippen LogP contribution in [0.25, 0.3) is 11.4 Å². The lowest BCUT2D eigenvalue weighted by molar-refractivity contribution is -0.116. The number of carbonyl (C=O) groups is 1. The van der Waals surface area contributed by atoms with E-state index in [0.717, 1.165) is 11.1 Å². The highest BCUT2D eigenvalue weighted by atomic mass is 35.5. The molecular formula is C21H16Cl3N5O2. The molecule has 0 atom stereocenters. The summed E-state index contributed by atoms with van der Waals surface area (Å²) in [6.45, 7) is 0.371. The molecule has 0 radical (unpaired) electrons. The summed E-state index contributed by atoms with van der Waals surface area (Å²) < 4.78 is 6.88. The van der Waals surface area contributed by atoms with E-state index >= 15 is 0 Å². The summed E-state index contributed by atoms with van der Waals surface area (Å²) in [6, 6.07) is 14.2. The van der Waals surface area contributed by atoms with E-state index in [0.29, 0.717) is 45.6 Å². The maximum Gasteiger partial charge on any atom is 0.227 e. The first-order valence-electron chi connectivity index (χ1n) is 9.32. The summed E-state index contributed by atoms with van der Waals surface area (Å²) in [4.78, 5) is 16.7. The molecule has 2 aromatic heterocycles. The van der Waals surface area contributed by atoms with Crippen molar-refractivity contribution in [3.8, 4) is 11.4 Å². The van der Waals surface area contributed by atoms with Gasteiger partial charge in [0.2, 0.25) is 17.6 Å². The van der Waals surface area contributed by atoms with Gasteiger partial charge in [-0.2, -0.15) is 10.1 Å².